The lowest BCUT2D eigenvalue weighted by atomic mass is 9.37. The Morgan fingerprint density at radius 1 is 0.944 bits per heavy atom. The molecule has 0 aromatic heterocycles. The molecule has 1 aromatic carbocycles. The zero-order chi connectivity index (χ0) is 38.0. The van der Waals surface area contributed by atoms with Crippen LogP contribution in [0.25, 0.3) is 0 Å². The maximum absolute atomic E-state index is 14.0. The van der Waals surface area contributed by atoms with Crippen molar-refractivity contribution >= 4 is 23.5 Å². The van der Waals surface area contributed by atoms with Crippen molar-refractivity contribution in [3.8, 4) is 0 Å². The van der Waals surface area contributed by atoms with Crippen molar-refractivity contribution < 1.29 is 19.1 Å². The Balaban J connectivity index is 0.942. The molecular formula is C48H70N2O4. The Bertz CT molecular complexity index is 1610. The first-order valence-corrected chi connectivity index (χ1v) is 22.3. The molecule has 7 aliphatic rings. The lowest BCUT2D eigenvalue weighted by Gasteiger charge is -2.67. The van der Waals surface area contributed by atoms with Crippen molar-refractivity contribution in [3.63, 3.8) is 0 Å². The van der Waals surface area contributed by atoms with Gasteiger partial charge >= 0.3 is 0 Å². The van der Waals surface area contributed by atoms with Crippen LogP contribution in [0.15, 0.2) is 35.4 Å². The zero-order valence-electron chi connectivity index (χ0n) is 34.5. The first kappa shape index (κ1) is 38.6. The van der Waals surface area contributed by atoms with Crippen molar-refractivity contribution in [2.45, 2.75) is 125 Å². The second-order valence-corrected chi connectivity index (χ2v) is 20.4. The first-order valence-electron chi connectivity index (χ1n) is 22.3. The summed E-state index contributed by atoms with van der Waals surface area (Å²) in [6.07, 6.45) is 14.3. The van der Waals surface area contributed by atoms with Gasteiger partial charge in [0, 0.05) is 55.4 Å². The highest BCUT2D eigenvalue weighted by molar-refractivity contribution is 6.00. The maximum atomic E-state index is 14.0. The SMILES string of the molecule is CC(C)C1=C2C3CCC4C(C)(CCC5C(C)C(CC(=O)C6CC(C=O)C6C)CCC54C)C3CCC2(CCNCc2ccc(N3CCOCC3)cc2)CC1=O. The molecule has 1 aliphatic heterocycles. The Kier molecular flexibility index (Phi) is 10.6. The molecule has 5 saturated carbocycles. The smallest absolute Gasteiger partial charge is 0.159 e. The van der Waals surface area contributed by atoms with Crippen LogP contribution in [0.2, 0.25) is 0 Å². The van der Waals surface area contributed by atoms with Crippen molar-refractivity contribution in [3.05, 3.63) is 41.0 Å². The Hall–Kier alpha value is -2.31. The number of Topliss-reactive ketones (excluding diaryl/α,β-unsaturated/α-hetero) is 2. The fraction of sp³-hybridized carbons (Fsp3) is 0.771. The molecule has 6 aliphatic carbocycles. The molecule has 1 heterocycles. The van der Waals surface area contributed by atoms with E-state index in [1.165, 1.54) is 61.8 Å². The van der Waals surface area contributed by atoms with Crippen LogP contribution < -0.4 is 10.2 Å². The van der Waals surface area contributed by atoms with Gasteiger partial charge in [-0.1, -0.05) is 59.2 Å². The number of nitrogens with one attached hydrogen (secondary N) is 1. The molecule has 1 aromatic rings. The van der Waals surface area contributed by atoms with Gasteiger partial charge in [0.05, 0.1) is 13.2 Å². The fourth-order valence-electron chi connectivity index (χ4n) is 14.8. The van der Waals surface area contributed by atoms with Gasteiger partial charge in [0.1, 0.15) is 12.1 Å². The molecule has 296 valence electrons. The van der Waals surface area contributed by atoms with Gasteiger partial charge in [-0.2, -0.15) is 0 Å². The zero-order valence-corrected chi connectivity index (χ0v) is 34.5. The van der Waals surface area contributed by atoms with Gasteiger partial charge in [0.15, 0.2) is 5.78 Å². The lowest BCUT2D eigenvalue weighted by molar-refractivity contribution is -0.172. The van der Waals surface area contributed by atoms with E-state index in [4.69, 9.17) is 4.74 Å². The quantitative estimate of drug-likeness (QED) is 0.180. The number of hydrogen-bond donors (Lipinski definition) is 1. The summed E-state index contributed by atoms with van der Waals surface area (Å²) in [5.74, 6) is 5.24. The number of morpholine rings is 1. The van der Waals surface area contributed by atoms with E-state index in [0.717, 1.165) is 77.8 Å². The Morgan fingerprint density at radius 2 is 1.65 bits per heavy atom. The van der Waals surface area contributed by atoms with Gasteiger partial charge in [-0.3, -0.25) is 9.59 Å². The number of ketones is 2. The van der Waals surface area contributed by atoms with Crippen molar-refractivity contribution in [1.29, 1.82) is 0 Å². The second-order valence-electron chi connectivity index (χ2n) is 20.4. The molecule has 0 spiro atoms. The minimum absolute atomic E-state index is 0.0259. The molecule has 1 N–H and O–H groups in total. The van der Waals surface area contributed by atoms with Gasteiger partial charge in [-0.25, -0.2) is 0 Å². The largest absolute Gasteiger partial charge is 0.378 e. The predicted octanol–water partition coefficient (Wildman–Crippen LogP) is 9.25. The minimum atomic E-state index is 0.0259. The third kappa shape index (κ3) is 6.40. The molecule has 6 heteroatoms. The third-order valence-electron chi connectivity index (χ3n) is 17.8. The third-order valence-corrected chi connectivity index (χ3v) is 17.8. The van der Waals surface area contributed by atoms with Crippen LogP contribution in [0.4, 0.5) is 5.69 Å². The number of benzene rings is 1. The molecule has 0 bridgehead atoms. The number of hydrogen-bond acceptors (Lipinski definition) is 6. The van der Waals surface area contributed by atoms with Crippen LogP contribution in [-0.4, -0.2) is 50.7 Å². The summed E-state index contributed by atoms with van der Waals surface area (Å²) in [5, 5.41) is 3.81. The van der Waals surface area contributed by atoms with Crippen molar-refractivity contribution in [1.82, 2.24) is 5.32 Å². The molecular weight excluding hydrogens is 669 g/mol. The molecule has 54 heavy (non-hydrogen) atoms. The number of carbonyl (C=O) groups excluding carboxylic acids is 3. The van der Waals surface area contributed by atoms with Crippen LogP contribution in [0.3, 0.4) is 0 Å². The topological polar surface area (TPSA) is 75.7 Å². The average Bonchev–Trinajstić information content (AvgIpc) is 3.47. The van der Waals surface area contributed by atoms with Gasteiger partial charge < -0.3 is 19.7 Å². The van der Waals surface area contributed by atoms with Crippen LogP contribution in [0.1, 0.15) is 124 Å². The number of carbonyl (C=O) groups is 3. The summed E-state index contributed by atoms with van der Waals surface area (Å²) in [6.45, 7) is 19.8. The van der Waals surface area contributed by atoms with Gasteiger partial charge in [0.25, 0.3) is 0 Å². The second kappa shape index (κ2) is 14.9. The molecule has 12 atom stereocenters. The molecule has 1 saturated heterocycles. The number of anilines is 1. The lowest BCUT2D eigenvalue weighted by Crippen LogP contribution is -2.60. The molecule has 0 amide bonds. The van der Waals surface area contributed by atoms with Crippen molar-refractivity contribution in [2.24, 2.45) is 75.4 Å². The standard InChI is InChI=1S/C48H70N2O4/c1-30(2)44-42(53)27-48(19-20-49-28-33-7-9-36(10-8-33)50-21-23-54-24-22-50)18-15-40-37(45(44)48)11-12-43-46(5)16-13-34(32(4)39(46)14-17-47(40,43)6)26-41(52)38-25-35(29-51)31(38)3/h7-10,29-32,34-35,37-40,43,49H,11-28H2,1-6H3. The van der Waals surface area contributed by atoms with E-state index in [1.54, 1.807) is 5.57 Å². The number of allylic oxidation sites excluding steroid dienone is 2. The normalized spacial score (nSPS) is 41.8. The highest BCUT2D eigenvalue weighted by Gasteiger charge is 2.64. The first-order chi connectivity index (χ1) is 25.9. The predicted molar refractivity (Wildman–Crippen MR) is 216 cm³/mol. The van der Waals surface area contributed by atoms with Gasteiger partial charge in [0.2, 0.25) is 0 Å². The van der Waals surface area contributed by atoms with E-state index in [1.807, 2.05) is 0 Å². The summed E-state index contributed by atoms with van der Waals surface area (Å²) in [6, 6.07) is 9.05. The van der Waals surface area contributed by atoms with E-state index in [9.17, 15) is 14.4 Å². The number of aldehydes is 1. The Morgan fingerprint density at radius 3 is 2.35 bits per heavy atom. The number of rotatable bonds is 11. The van der Waals surface area contributed by atoms with Crippen LogP contribution in [0.5, 0.6) is 0 Å². The van der Waals surface area contributed by atoms with Gasteiger partial charge in [-0.15, -0.1) is 0 Å². The highest BCUT2D eigenvalue weighted by Crippen LogP contribution is 2.72. The summed E-state index contributed by atoms with van der Waals surface area (Å²) in [5.41, 5.74) is 6.08. The molecule has 6 fully saturated rings. The maximum Gasteiger partial charge on any atom is 0.159 e. The average molecular weight is 739 g/mol. The number of nitrogens with zero attached hydrogens (tertiary/aromatic N) is 1. The molecule has 0 radical (unpaired) electrons. The monoisotopic (exact) mass is 739 g/mol. The molecule has 12 unspecified atom stereocenters. The summed E-state index contributed by atoms with van der Waals surface area (Å²) < 4.78 is 5.54. The number of ether oxygens (including phenoxy) is 1. The fourth-order valence-corrected chi connectivity index (χ4v) is 14.8. The summed E-state index contributed by atoms with van der Waals surface area (Å²) >= 11 is 0. The van der Waals surface area contributed by atoms with Crippen LogP contribution in [-0.2, 0) is 25.7 Å². The highest BCUT2D eigenvalue weighted by atomic mass is 16.5. The van der Waals surface area contributed by atoms with E-state index >= 15 is 0 Å². The van der Waals surface area contributed by atoms with E-state index in [0.29, 0.717) is 57.9 Å². The van der Waals surface area contributed by atoms with Gasteiger partial charge in [-0.05, 0) is 152 Å². The van der Waals surface area contributed by atoms with E-state index in [2.05, 4.69) is 76.0 Å². The van der Waals surface area contributed by atoms with E-state index < -0.39 is 0 Å². The summed E-state index contributed by atoms with van der Waals surface area (Å²) in [4.78, 5) is 41.2. The Labute approximate surface area is 326 Å². The number of fused-ring (bicyclic) bond motifs is 7. The summed E-state index contributed by atoms with van der Waals surface area (Å²) in [7, 11) is 0. The van der Waals surface area contributed by atoms with Crippen LogP contribution in [0, 0.1) is 75.4 Å². The van der Waals surface area contributed by atoms with Crippen molar-refractivity contribution in [2.75, 3.05) is 37.7 Å². The molecule has 8 rings (SSSR count). The minimum Gasteiger partial charge on any atom is -0.378 e. The van der Waals surface area contributed by atoms with E-state index in [-0.39, 0.29) is 29.1 Å². The van der Waals surface area contributed by atoms with Crippen LogP contribution >= 0.6 is 0 Å². The molecule has 6 nitrogen and oxygen atoms in total.